The molecule has 8 aromatic carbocycles. The predicted octanol–water partition coefficient (Wildman–Crippen LogP) is 13.7. The van der Waals surface area contributed by atoms with Gasteiger partial charge in [-0.15, -0.1) is 0 Å². The molecule has 2 nitrogen and oxygen atoms in total. The molecule has 9 rings (SSSR count). The number of furan rings is 1. The Bertz CT molecular complexity index is 2540. The van der Waals surface area contributed by atoms with E-state index in [1.807, 2.05) is 18.2 Å². The standard InChI is InChI=1S/C48H33NO/c1-2-12-37(13-3-1)43-20-7-8-21-45(43)49(46-22-11-16-38-14-4-6-19-44(38)46)42-30-28-35(29-31-42)34-24-26-36(27-25-34)39-17-10-18-40(32-39)48-33-41-15-5-9-23-47(41)50-48/h1-33H. The number of anilines is 3. The van der Waals surface area contributed by atoms with Crippen molar-refractivity contribution in [3.63, 3.8) is 0 Å². The van der Waals surface area contributed by atoms with Crippen LogP contribution in [0, 0.1) is 0 Å². The van der Waals surface area contributed by atoms with Gasteiger partial charge in [0.15, 0.2) is 0 Å². The first-order valence-corrected chi connectivity index (χ1v) is 17.0. The van der Waals surface area contributed by atoms with Gasteiger partial charge >= 0.3 is 0 Å². The van der Waals surface area contributed by atoms with Crippen molar-refractivity contribution in [3.05, 3.63) is 200 Å². The van der Waals surface area contributed by atoms with E-state index < -0.39 is 0 Å². The molecule has 0 aliphatic carbocycles. The second kappa shape index (κ2) is 12.8. The van der Waals surface area contributed by atoms with Crippen molar-refractivity contribution < 1.29 is 4.42 Å². The number of hydrogen-bond donors (Lipinski definition) is 0. The Kier molecular flexibility index (Phi) is 7.53. The molecule has 0 aliphatic heterocycles. The van der Waals surface area contributed by atoms with Crippen LogP contribution in [-0.4, -0.2) is 0 Å². The molecule has 0 atom stereocenters. The quantitative estimate of drug-likeness (QED) is 0.173. The maximum absolute atomic E-state index is 6.15. The number of benzene rings is 8. The molecule has 0 saturated carbocycles. The lowest BCUT2D eigenvalue weighted by atomic mass is 9.98. The van der Waals surface area contributed by atoms with E-state index in [1.54, 1.807) is 0 Å². The zero-order chi connectivity index (χ0) is 33.3. The third-order valence-corrected chi connectivity index (χ3v) is 9.49. The van der Waals surface area contributed by atoms with Gasteiger partial charge in [-0.1, -0.05) is 158 Å². The van der Waals surface area contributed by atoms with Crippen molar-refractivity contribution >= 4 is 38.8 Å². The lowest BCUT2D eigenvalue weighted by Gasteiger charge is -2.29. The van der Waals surface area contributed by atoms with E-state index in [0.717, 1.165) is 44.9 Å². The van der Waals surface area contributed by atoms with Crippen LogP contribution < -0.4 is 4.90 Å². The van der Waals surface area contributed by atoms with E-state index in [9.17, 15) is 0 Å². The maximum Gasteiger partial charge on any atom is 0.135 e. The summed E-state index contributed by atoms with van der Waals surface area (Å²) in [5.74, 6) is 0.883. The molecule has 0 bridgehead atoms. The van der Waals surface area contributed by atoms with E-state index in [2.05, 4.69) is 187 Å². The third-order valence-electron chi connectivity index (χ3n) is 9.49. The highest BCUT2D eigenvalue weighted by Gasteiger charge is 2.19. The summed E-state index contributed by atoms with van der Waals surface area (Å²) in [5.41, 5.74) is 12.4. The lowest BCUT2D eigenvalue weighted by Crippen LogP contribution is -2.11. The summed E-state index contributed by atoms with van der Waals surface area (Å²) in [6.45, 7) is 0. The summed E-state index contributed by atoms with van der Waals surface area (Å²) in [6, 6.07) is 71.1. The summed E-state index contributed by atoms with van der Waals surface area (Å²) in [6.07, 6.45) is 0. The Morgan fingerprint density at radius 3 is 1.70 bits per heavy atom. The highest BCUT2D eigenvalue weighted by Crippen LogP contribution is 2.43. The SMILES string of the molecule is c1ccc(-c2ccccc2N(c2ccc(-c3ccc(-c4cccc(-c5cc6ccccc6o5)c4)cc3)cc2)c2cccc3ccccc23)cc1. The zero-order valence-electron chi connectivity index (χ0n) is 27.4. The van der Waals surface area contributed by atoms with Gasteiger partial charge in [-0.2, -0.15) is 0 Å². The minimum absolute atomic E-state index is 0.883. The van der Waals surface area contributed by atoms with E-state index >= 15 is 0 Å². The lowest BCUT2D eigenvalue weighted by molar-refractivity contribution is 0.631. The molecule has 50 heavy (non-hydrogen) atoms. The maximum atomic E-state index is 6.15. The molecule has 236 valence electrons. The molecule has 0 spiro atoms. The fraction of sp³-hybridized carbons (Fsp3) is 0. The van der Waals surface area contributed by atoms with Crippen LogP contribution in [-0.2, 0) is 0 Å². The molecule has 0 fully saturated rings. The Morgan fingerprint density at radius 1 is 0.340 bits per heavy atom. The average molecular weight is 640 g/mol. The molecule has 1 heterocycles. The average Bonchev–Trinajstić information content (AvgIpc) is 3.64. The molecule has 9 aromatic rings. The summed E-state index contributed by atoms with van der Waals surface area (Å²) in [4.78, 5) is 2.40. The van der Waals surface area contributed by atoms with E-state index in [4.69, 9.17) is 4.42 Å². The Labute approximate surface area is 292 Å². The van der Waals surface area contributed by atoms with Crippen LogP contribution in [0.3, 0.4) is 0 Å². The van der Waals surface area contributed by atoms with Gasteiger partial charge in [-0.3, -0.25) is 0 Å². The van der Waals surface area contributed by atoms with Gasteiger partial charge < -0.3 is 9.32 Å². The van der Waals surface area contributed by atoms with Gasteiger partial charge in [0.1, 0.15) is 11.3 Å². The number of para-hydroxylation sites is 2. The van der Waals surface area contributed by atoms with Crippen LogP contribution in [0.25, 0.3) is 66.4 Å². The second-order valence-corrected chi connectivity index (χ2v) is 12.6. The molecule has 0 N–H and O–H groups in total. The molecule has 0 unspecified atom stereocenters. The normalized spacial score (nSPS) is 11.2. The van der Waals surface area contributed by atoms with Crippen molar-refractivity contribution in [2.24, 2.45) is 0 Å². The Morgan fingerprint density at radius 2 is 0.900 bits per heavy atom. The minimum Gasteiger partial charge on any atom is -0.456 e. The molecule has 0 radical (unpaired) electrons. The van der Waals surface area contributed by atoms with Crippen molar-refractivity contribution in [2.75, 3.05) is 4.90 Å². The molecule has 0 amide bonds. The smallest absolute Gasteiger partial charge is 0.135 e. The summed E-state index contributed by atoms with van der Waals surface area (Å²) in [7, 11) is 0. The van der Waals surface area contributed by atoms with Gasteiger partial charge in [-0.05, 0) is 75.7 Å². The van der Waals surface area contributed by atoms with Crippen LogP contribution in [0.5, 0.6) is 0 Å². The first-order chi connectivity index (χ1) is 24.8. The molecular formula is C48H33NO. The monoisotopic (exact) mass is 639 g/mol. The topological polar surface area (TPSA) is 16.4 Å². The minimum atomic E-state index is 0.883. The number of fused-ring (bicyclic) bond motifs is 2. The van der Waals surface area contributed by atoms with Crippen LogP contribution >= 0.6 is 0 Å². The number of rotatable bonds is 7. The molecule has 2 heteroatoms. The van der Waals surface area contributed by atoms with Gasteiger partial charge in [0.05, 0.1) is 11.4 Å². The molecule has 0 aliphatic rings. The number of nitrogens with zero attached hydrogens (tertiary/aromatic N) is 1. The number of hydrogen-bond acceptors (Lipinski definition) is 2. The van der Waals surface area contributed by atoms with Crippen LogP contribution in [0.15, 0.2) is 205 Å². The highest BCUT2D eigenvalue weighted by molar-refractivity contribution is 6.01. The van der Waals surface area contributed by atoms with Gasteiger partial charge in [0.25, 0.3) is 0 Å². The van der Waals surface area contributed by atoms with Crippen LogP contribution in [0.2, 0.25) is 0 Å². The van der Waals surface area contributed by atoms with E-state index in [0.29, 0.717) is 0 Å². The van der Waals surface area contributed by atoms with Crippen molar-refractivity contribution in [1.29, 1.82) is 0 Å². The van der Waals surface area contributed by atoms with Crippen LogP contribution in [0.1, 0.15) is 0 Å². The largest absolute Gasteiger partial charge is 0.456 e. The van der Waals surface area contributed by atoms with Gasteiger partial charge in [-0.25, -0.2) is 0 Å². The van der Waals surface area contributed by atoms with E-state index in [1.165, 1.54) is 38.6 Å². The fourth-order valence-corrected chi connectivity index (χ4v) is 6.98. The zero-order valence-corrected chi connectivity index (χ0v) is 27.4. The third kappa shape index (κ3) is 5.53. The Hall–Kier alpha value is -6.64. The first-order valence-electron chi connectivity index (χ1n) is 17.0. The summed E-state index contributed by atoms with van der Waals surface area (Å²) >= 11 is 0. The van der Waals surface area contributed by atoms with E-state index in [-0.39, 0.29) is 0 Å². The summed E-state index contributed by atoms with van der Waals surface area (Å²) in [5, 5.41) is 3.54. The highest BCUT2D eigenvalue weighted by atomic mass is 16.3. The molecule has 1 aromatic heterocycles. The Balaban J connectivity index is 1.06. The first kappa shape index (κ1) is 29.5. The fourth-order valence-electron chi connectivity index (χ4n) is 6.98. The van der Waals surface area contributed by atoms with Crippen LogP contribution in [0.4, 0.5) is 17.1 Å². The predicted molar refractivity (Wildman–Crippen MR) is 210 cm³/mol. The molecule has 0 saturated heterocycles. The second-order valence-electron chi connectivity index (χ2n) is 12.6. The van der Waals surface area contributed by atoms with Crippen molar-refractivity contribution in [3.8, 4) is 44.7 Å². The van der Waals surface area contributed by atoms with Gasteiger partial charge in [0.2, 0.25) is 0 Å². The summed E-state index contributed by atoms with van der Waals surface area (Å²) < 4.78 is 6.15. The molecular weight excluding hydrogens is 607 g/mol. The van der Waals surface area contributed by atoms with Gasteiger partial charge in [0, 0.05) is 27.6 Å². The van der Waals surface area contributed by atoms with Crippen molar-refractivity contribution in [2.45, 2.75) is 0 Å². The van der Waals surface area contributed by atoms with Crippen molar-refractivity contribution in [1.82, 2.24) is 0 Å².